The van der Waals surface area contributed by atoms with Gasteiger partial charge in [0.25, 0.3) is 0 Å². The quantitative estimate of drug-likeness (QED) is 0.438. The zero-order chi connectivity index (χ0) is 15.0. The summed E-state index contributed by atoms with van der Waals surface area (Å²) in [5.41, 5.74) is 0. The first kappa shape index (κ1) is 36.0. The molecule has 0 bridgehead atoms. The molecule has 0 spiro atoms. The highest BCUT2D eigenvalue weighted by Gasteiger charge is 1.88. The molecule has 0 N–H and O–H groups in total. The molecule has 0 aliphatic rings. The number of hydrogen-bond donors (Lipinski definition) is 0. The van der Waals surface area contributed by atoms with Crippen LogP contribution in [0.15, 0.2) is 13.2 Å². The summed E-state index contributed by atoms with van der Waals surface area (Å²) in [4.78, 5) is 0. The molecule has 106 valence electrons. The number of hydrogen-bond acceptors (Lipinski definition) is 0. The Morgan fingerprint density at radius 3 is 0.750 bits per heavy atom. The molecule has 0 amide bonds. The van der Waals surface area contributed by atoms with Gasteiger partial charge in [0.2, 0.25) is 0 Å². The van der Waals surface area contributed by atoms with E-state index in [0.717, 1.165) is 5.92 Å². The van der Waals surface area contributed by atoms with E-state index < -0.39 is 0 Å². The van der Waals surface area contributed by atoms with Gasteiger partial charge in [-0.2, -0.15) is 0 Å². The average molecular weight is 235 g/mol. The molecule has 0 saturated carbocycles. The molecular formula is C16H42. The molecule has 16 heavy (non-hydrogen) atoms. The second-order valence-electron chi connectivity index (χ2n) is 1.92. The van der Waals surface area contributed by atoms with Gasteiger partial charge >= 0.3 is 0 Å². The Hall–Kier alpha value is -0.260. The maximum atomic E-state index is 3.00. The maximum Gasteiger partial charge on any atom is -0.0448 e. The first-order chi connectivity index (χ1) is 7.81. The van der Waals surface area contributed by atoms with Gasteiger partial charge in [0.05, 0.1) is 0 Å². The zero-order valence-corrected chi connectivity index (χ0v) is 14.4. The van der Waals surface area contributed by atoms with Crippen LogP contribution in [-0.4, -0.2) is 0 Å². The van der Waals surface area contributed by atoms with E-state index in [1.807, 2.05) is 55.4 Å². The van der Waals surface area contributed by atoms with Gasteiger partial charge in [-0.05, 0) is 5.92 Å². The fourth-order valence-corrected chi connectivity index (χ4v) is 0.289. The third-order valence-corrected chi connectivity index (χ3v) is 1.39. The fraction of sp³-hybridized carbons (Fsp3) is 0.875. The maximum absolute atomic E-state index is 3.00. The lowest BCUT2D eigenvalue weighted by atomic mass is 10.1. The van der Waals surface area contributed by atoms with Crippen LogP contribution in [-0.2, 0) is 0 Å². The normalized spacial score (nSPS) is 5.50. The summed E-state index contributed by atoms with van der Waals surface area (Å²) in [5, 5.41) is 0. The predicted octanol–water partition coefficient (Wildman–Crippen LogP) is 7.35. The molecule has 0 nitrogen and oxygen atoms in total. The van der Waals surface area contributed by atoms with E-state index in [-0.39, 0.29) is 0 Å². The van der Waals surface area contributed by atoms with Crippen molar-refractivity contribution in [2.24, 2.45) is 5.92 Å². The summed E-state index contributed by atoms with van der Waals surface area (Å²) in [6.07, 6.45) is 2.66. The fourth-order valence-electron chi connectivity index (χ4n) is 0.289. The third kappa shape index (κ3) is 159. The summed E-state index contributed by atoms with van der Waals surface area (Å²) in [6.45, 7) is 28.7. The Kier molecular flexibility index (Phi) is 279. The van der Waals surface area contributed by atoms with Gasteiger partial charge in [-0.1, -0.05) is 89.0 Å². The first-order valence-corrected chi connectivity index (χ1v) is 7.31. The summed E-state index contributed by atoms with van der Waals surface area (Å²) in [6, 6.07) is 0. The molecule has 0 aliphatic heterocycles. The van der Waals surface area contributed by atoms with E-state index in [2.05, 4.69) is 33.9 Å². The van der Waals surface area contributed by atoms with Crippen molar-refractivity contribution in [3.8, 4) is 0 Å². The molecular weight excluding hydrogens is 192 g/mol. The molecule has 0 rings (SSSR count). The van der Waals surface area contributed by atoms with E-state index in [9.17, 15) is 0 Å². The van der Waals surface area contributed by atoms with Crippen LogP contribution in [0.4, 0.5) is 0 Å². The predicted molar refractivity (Wildman–Crippen MR) is 86.4 cm³/mol. The molecule has 0 saturated heterocycles. The Balaban J connectivity index is -0.0000000214. The Labute approximate surface area is 109 Å². The second kappa shape index (κ2) is 124. The number of rotatable bonds is 2. The molecule has 0 aromatic rings. The van der Waals surface area contributed by atoms with Crippen molar-refractivity contribution in [1.29, 1.82) is 0 Å². The zero-order valence-electron chi connectivity index (χ0n) is 14.4. The largest absolute Gasteiger partial charge is 0.106 e. The molecule has 0 heterocycles. The summed E-state index contributed by atoms with van der Waals surface area (Å²) in [7, 11) is 0. The van der Waals surface area contributed by atoms with Crippen LogP contribution < -0.4 is 0 Å². The van der Waals surface area contributed by atoms with E-state index in [0.29, 0.717) is 0 Å². The van der Waals surface area contributed by atoms with Gasteiger partial charge in [0, 0.05) is 0 Å². The SMILES string of the molecule is C=C.CC.CC.CC.CC.CCC(C)CC. The minimum Gasteiger partial charge on any atom is -0.106 e. The lowest BCUT2D eigenvalue weighted by Gasteiger charge is -1.98. The van der Waals surface area contributed by atoms with Crippen molar-refractivity contribution in [2.45, 2.75) is 89.0 Å². The highest BCUT2D eigenvalue weighted by Crippen LogP contribution is 2.02. The van der Waals surface area contributed by atoms with Crippen LogP contribution in [0.1, 0.15) is 89.0 Å². The Morgan fingerprint density at radius 1 is 0.625 bits per heavy atom. The standard InChI is InChI=1S/C6H14.4C2H6.C2H4/c1-4-6(3)5-2;5*1-2/h6H,4-5H2,1-3H3;4*1-2H3;1-2H2. The molecule has 0 aliphatic carbocycles. The van der Waals surface area contributed by atoms with Crippen LogP contribution in [0.2, 0.25) is 0 Å². The van der Waals surface area contributed by atoms with Crippen LogP contribution in [0.3, 0.4) is 0 Å². The Bertz CT molecular complexity index is 27.0. The van der Waals surface area contributed by atoms with Gasteiger partial charge in [0.15, 0.2) is 0 Å². The summed E-state index contributed by atoms with van der Waals surface area (Å²) >= 11 is 0. The van der Waals surface area contributed by atoms with Crippen molar-refractivity contribution in [2.75, 3.05) is 0 Å². The lowest BCUT2D eigenvalue weighted by Crippen LogP contribution is -1.85. The Morgan fingerprint density at radius 2 is 0.750 bits per heavy atom. The van der Waals surface area contributed by atoms with Crippen LogP contribution in [0.25, 0.3) is 0 Å². The van der Waals surface area contributed by atoms with Crippen molar-refractivity contribution in [3.05, 3.63) is 13.2 Å². The van der Waals surface area contributed by atoms with Crippen LogP contribution in [0.5, 0.6) is 0 Å². The van der Waals surface area contributed by atoms with Gasteiger partial charge in [0.1, 0.15) is 0 Å². The monoisotopic (exact) mass is 234 g/mol. The van der Waals surface area contributed by atoms with Crippen LogP contribution in [0, 0.1) is 5.92 Å². The van der Waals surface area contributed by atoms with Crippen molar-refractivity contribution in [3.63, 3.8) is 0 Å². The molecule has 0 aromatic carbocycles. The van der Waals surface area contributed by atoms with E-state index in [1.54, 1.807) is 0 Å². The highest BCUT2D eigenvalue weighted by atomic mass is 13.9. The lowest BCUT2D eigenvalue weighted by molar-refractivity contribution is 0.544. The topological polar surface area (TPSA) is 0 Å². The second-order valence-corrected chi connectivity index (χ2v) is 1.92. The van der Waals surface area contributed by atoms with E-state index in [1.165, 1.54) is 12.8 Å². The van der Waals surface area contributed by atoms with Crippen molar-refractivity contribution >= 4 is 0 Å². The van der Waals surface area contributed by atoms with Gasteiger partial charge < -0.3 is 0 Å². The van der Waals surface area contributed by atoms with E-state index in [4.69, 9.17) is 0 Å². The first-order valence-electron chi connectivity index (χ1n) is 7.31. The van der Waals surface area contributed by atoms with Crippen molar-refractivity contribution < 1.29 is 0 Å². The summed E-state index contributed by atoms with van der Waals surface area (Å²) in [5.74, 6) is 0.935. The molecule has 0 radical (unpaired) electrons. The molecule has 0 aromatic heterocycles. The van der Waals surface area contributed by atoms with Gasteiger partial charge in [-0.15, -0.1) is 13.2 Å². The van der Waals surface area contributed by atoms with Gasteiger partial charge in [-0.3, -0.25) is 0 Å². The third-order valence-electron chi connectivity index (χ3n) is 1.39. The molecule has 0 heteroatoms. The van der Waals surface area contributed by atoms with Gasteiger partial charge in [-0.25, -0.2) is 0 Å². The minimum absolute atomic E-state index is 0.935. The van der Waals surface area contributed by atoms with Crippen LogP contribution >= 0.6 is 0 Å². The minimum atomic E-state index is 0.935. The smallest absolute Gasteiger partial charge is 0.0448 e. The van der Waals surface area contributed by atoms with Crippen molar-refractivity contribution in [1.82, 2.24) is 0 Å². The molecule has 0 fully saturated rings. The highest BCUT2D eigenvalue weighted by molar-refractivity contribution is 4.41. The molecule has 0 atom stereocenters. The molecule has 0 unspecified atom stereocenters. The average Bonchev–Trinajstić information content (AvgIpc) is 2.48. The van der Waals surface area contributed by atoms with E-state index >= 15 is 0 Å². The summed E-state index contributed by atoms with van der Waals surface area (Å²) < 4.78 is 0.